The summed E-state index contributed by atoms with van der Waals surface area (Å²) in [5, 5.41) is 11.8. The topological polar surface area (TPSA) is 71.4 Å². The molecule has 1 saturated carbocycles. The van der Waals surface area contributed by atoms with Gasteiger partial charge in [0.2, 0.25) is 0 Å². The molecule has 1 N–H and O–H groups in total. The smallest absolute Gasteiger partial charge is 0.173 e. The van der Waals surface area contributed by atoms with Crippen molar-refractivity contribution in [2.45, 2.75) is 24.9 Å². The van der Waals surface area contributed by atoms with Crippen LogP contribution in [0.5, 0.6) is 0 Å². The molecular weight excluding hydrogens is 424 g/mol. The number of hydrogen-bond donors (Lipinski definition) is 1. The zero-order chi connectivity index (χ0) is 22.9. The predicted octanol–water partition coefficient (Wildman–Crippen LogP) is 5.15. The van der Waals surface area contributed by atoms with E-state index in [-0.39, 0.29) is 23.8 Å². The molecule has 4 unspecified atom stereocenters. The van der Waals surface area contributed by atoms with Crippen LogP contribution in [-0.2, 0) is 4.79 Å². The SMILES string of the molecule is CC1(O)CC(=O)C(C(=O)c2ccccc2)C(c2ccc(Cl)cc2)C1C(=O)c1ccccc1. The van der Waals surface area contributed by atoms with Crippen LogP contribution in [0.4, 0.5) is 0 Å². The first-order valence-electron chi connectivity index (χ1n) is 10.5. The molecule has 162 valence electrons. The van der Waals surface area contributed by atoms with E-state index >= 15 is 0 Å². The Morgan fingerprint density at radius 1 is 0.844 bits per heavy atom. The Morgan fingerprint density at radius 3 is 1.88 bits per heavy atom. The number of Topliss-reactive ketones (excluding diaryl/α,β-unsaturated/α-hetero) is 3. The van der Waals surface area contributed by atoms with E-state index < -0.39 is 23.4 Å². The van der Waals surface area contributed by atoms with E-state index in [4.69, 9.17) is 11.6 Å². The lowest BCUT2D eigenvalue weighted by Gasteiger charge is -2.45. The molecule has 32 heavy (non-hydrogen) atoms. The first-order chi connectivity index (χ1) is 15.3. The summed E-state index contributed by atoms with van der Waals surface area (Å²) in [4.78, 5) is 40.5. The highest BCUT2D eigenvalue weighted by Gasteiger charge is 2.55. The molecule has 4 rings (SSSR count). The van der Waals surface area contributed by atoms with Gasteiger partial charge in [-0.2, -0.15) is 0 Å². The maximum atomic E-state index is 13.7. The van der Waals surface area contributed by atoms with Crippen molar-refractivity contribution >= 4 is 29.0 Å². The van der Waals surface area contributed by atoms with Gasteiger partial charge in [0.1, 0.15) is 5.78 Å². The van der Waals surface area contributed by atoms with Gasteiger partial charge in [0, 0.05) is 28.5 Å². The Morgan fingerprint density at radius 2 is 1.34 bits per heavy atom. The third-order valence-corrected chi connectivity index (χ3v) is 6.46. The third kappa shape index (κ3) is 4.16. The molecule has 3 aromatic rings. The number of benzene rings is 3. The van der Waals surface area contributed by atoms with Gasteiger partial charge in [-0.15, -0.1) is 0 Å². The molecule has 0 radical (unpaired) electrons. The van der Waals surface area contributed by atoms with Gasteiger partial charge in [-0.3, -0.25) is 14.4 Å². The quantitative estimate of drug-likeness (QED) is 0.435. The second-order valence-corrected chi connectivity index (χ2v) is 8.93. The van der Waals surface area contributed by atoms with Gasteiger partial charge in [0.05, 0.1) is 17.4 Å². The summed E-state index contributed by atoms with van der Waals surface area (Å²) in [5.41, 5.74) is -0.164. The van der Waals surface area contributed by atoms with Crippen molar-refractivity contribution in [3.8, 4) is 0 Å². The molecule has 0 heterocycles. The highest BCUT2D eigenvalue weighted by molar-refractivity contribution is 6.30. The Bertz CT molecular complexity index is 1140. The van der Waals surface area contributed by atoms with Crippen LogP contribution in [0.15, 0.2) is 84.9 Å². The van der Waals surface area contributed by atoms with Crippen molar-refractivity contribution < 1.29 is 19.5 Å². The monoisotopic (exact) mass is 446 g/mol. The summed E-state index contributed by atoms with van der Waals surface area (Å²) < 4.78 is 0. The van der Waals surface area contributed by atoms with E-state index in [9.17, 15) is 19.5 Å². The molecule has 4 atom stereocenters. The summed E-state index contributed by atoms with van der Waals surface area (Å²) in [6.45, 7) is 1.50. The molecule has 0 bridgehead atoms. The van der Waals surface area contributed by atoms with Crippen LogP contribution < -0.4 is 0 Å². The number of halogens is 1. The molecule has 1 aliphatic carbocycles. The minimum atomic E-state index is -1.61. The second kappa shape index (κ2) is 8.81. The Kier molecular flexibility index (Phi) is 6.09. The summed E-state index contributed by atoms with van der Waals surface area (Å²) >= 11 is 6.07. The summed E-state index contributed by atoms with van der Waals surface area (Å²) in [7, 11) is 0. The fourth-order valence-corrected chi connectivity index (χ4v) is 4.87. The molecule has 3 aromatic carbocycles. The minimum Gasteiger partial charge on any atom is -0.389 e. The van der Waals surface area contributed by atoms with Crippen molar-refractivity contribution in [2.24, 2.45) is 11.8 Å². The Labute approximate surface area is 191 Å². The van der Waals surface area contributed by atoms with E-state index in [2.05, 4.69) is 0 Å². The largest absolute Gasteiger partial charge is 0.389 e. The number of carbonyl (C=O) groups excluding carboxylic acids is 3. The van der Waals surface area contributed by atoms with Crippen LogP contribution in [0, 0.1) is 11.8 Å². The van der Waals surface area contributed by atoms with Gasteiger partial charge >= 0.3 is 0 Å². The number of ketones is 3. The molecule has 1 aliphatic rings. The van der Waals surface area contributed by atoms with Crippen LogP contribution in [0.3, 0.4) is 0 Å². The molecule has 0 aromatic heterocycles. The predicted molar refractivity (Wildman–Crippen MR) is 123 cm³/mol. The van der Waals surface area contributed by atoms with Gasteiger partial charge in [0.25, 0.3) is 0 Å². The molecular formula is C27H23ClO4. The van der Waals surface area contributed by atoms with Gasteiger partial charge in [-0.1, -0.05) is 84.4 Å². The maximum Gasteiger partial charge on any atom is 0.173 e. The van der Waals surface area contributed by atoms with E-state index in [1.807, 2.05) is 0 Å². The van der Waals surface area contributed by atoms with Crippen molar-refractivity contribution in [2.75, 3.05) is 0 Å². The maximum absolute atomic E-state index is 13.7. The molecule has 0 spiro atoms. The van der Waals surface area contributed by atoms with E-state index in [0.717, 1.165) is 0 Å². The number of rotatable bonds is 5. The molecule has 4 nitrogen and oxygen atoms in total. The lowest BCUT2D eigenvalue weighted by Crippen LogP contribution is -2.54. The number of carbonyl (C=O) groups is 3. The average Bonchev–Trinajstić information content (AvgIpc) is 2.79. The Balaban J connectivity index is 1.89. The van der Waals surface area contributed by atoms with Crippen molar-refractivity contribution in [1.29, 1.82) is 0 Å². The standard InChI is InChI=1S/C27H23ClO4/c1-27(32)16-21(29)23(25(30)18-8-4-2-5-9-18)22(17-12-14-20(28)15-13-17)24(27)26(31)19-10-6-3-7-11-19/h2-15,22-24,32H,16H2,1H3. The molecule has 0 aliphatic heterocycles. The number of aliphatic hydroxyl groups is 1. The van der Waals surface area contributed by atoms with E-state index in [0.29, 0.717) is 21.7 Å². The van der Waals surface area contributed by atoms with Crippen LogP contribution in [-0.4, -0.2) is 28.1 Å². The third-order valence-electron chi connectivity index (χ3n) is 6.20. The first-order valence-corrected chi connectivity index (χ1v) is 10.9. The van der Waals surface area contributed by atoms with E-state index in [1.165, 1.54) is 6.92 Å². The van der Waals surface area contributed by atoms with Crippen LogP contribution in [0.1, 0.15) is 45.5 Å². The summed E-state index contributed by atoms with van der Waals surface area (Å²) in [6, 6.07) is 24.0. The van der Waals surface area contributed by atoms with Gasteiger partial charge < -0.3 is 5.11 Å². The first kappa shape index (κ1) is 22.1. The van der Waals surface area contributed by atoms with Crippen LogP contribution in [0.2, 0.25) is 5.02 Å². The van der Waals surface area contributed by atoms with Crippen molar-refractivity contribution in [3.05, 3.63) is 107 Å². The molecule has 0 amide bonds. The lowest BCUT2D eigenvalue weighted by molar-refractivity contribution is -0.134. The molecule has 5 heteroatoms. The van der Waals surface area contributed by atoms with Gasteiger partial charge in [0.15, 0.2) is 11.6 Å². The van der Waals surface area contributed by atoms with Crippen LogP contribution in [0.25, 0.3) is 0 Å². The zero-order valence-corrected chi connectivity index (χ0v) is 18.3. The summed E-state index contributed by atoms with van der Waals surface area (Å²) in [5.74, 6) is -3.92. The van der Waals surface area contributed by atoms with Gasteiger partial charge in [-0.05, 0) is 24.6 Å². The molecule has 0 saturated heterocycles. The summed E-state index contributed by atoms with van der Waals surface area (Å²) in [6.07, 6.45) is -0.274. The fourth-order valence-electron chi connectivity index (χ4n) is 4.74. The zero-order valence-electron chi connectivity index (χ0n) is 17.6. The second-order valence-electron chi connectivity index (χ2n) is 8.49. The number of hydrogen-bond acceptors (Lipinski definition) is 4. The fraction of sp³-hybridized carbons (Fsp3) is 0.222. The van der Waals surface area contributed by atoms with Crippen molar-refractivity contribution in [1.82, 2.24) is 0 Å². The highest BCUT2D eigenvalue weighted by atomic mass is 35.5. The van der Waals surface area contributed by atoms with Crippen molar-refractivity contribution in [3.63, 3.8) is 0 Å². The van der Waals surface area contributed by atoms with Crippen LogP contribution >= 0.6 is 11.6 Å². The molecule has 1 fully saturated rings. The highest BCUT2D eigenvalue weighted by Crippen LogP contribution is 2.48. The van der Waals surface area contributed by atoms with Gasteiger partial charge in [-0.25, -0.2) is 0 Å². The normalized spacial score (nSPS) is 25.3. The lowest BCUT2D eigenvalue weighted by atomic mass is 9.58. The Hall–Kier alpha value is -3.08. The average molecular weight is 447 g/mol. The van der Waals surface area contributed by atoms with E-state index in [1.54, 1.807) is 84.9 Å². The minimum absolute atomic E-state index is 0.274.